The lowest BCUT2D eigenvalue weighted by atomic mass is 9.97. The molecule has 0 rings (SSSR count). The zero-order valence-corrected chi connectivity index (χ0v) is 15.5. The highest BCUT2D eigenvalue weighted by Gasteiger charge is 2.17. The van der Waals surface area contributed by atoms with E-state index in [1.165, 1.54) is 0 Å². The van der Waals surface area contributed by atoms with Gasteiger partial charge in [-0.25, -0.2) is 0 Å². The smallest absolute Gasteiger partial charge is 0.0799 e. The number of aliphatic hydroxyl groups excluding tert-OH is 1. The molecular weight excluding hydrogens is 300 g/mol. The van der Waals surface area contributed by atoms with Crippen LogP contribution in [0.15, 0.2) is 0 Å². The summed E-state index contributed by atoms with van der Waals surface area (Å²) in [6, 6.07) is 0. The molecule has 0 aromatic rings. The van der Waals surface area contributed by atoms with Crippen molar-refractivity contribution in [1.82, 2.24) is 5.32 Å². The number of unbranched alkanes of at least 4 members (excludes halogenated alkanes) is 2. The second-order valence-electron chi connectivity index (χ2n) is 6.72. The largest absolute Gasteiger partial charge is 0.391 e. The van der Waals surface area contributed by atoms with Crippen LogP contribution in [-0.2, 0) is 4.74 Å². The fourth-order valence-electron chi connectivity index (χ4n) is 2.38. The first-order valence-corrected chi connectivity index (χ1v) is 9.29. The van der Waals surface area contributed by atoms with E-state index in [9.17, 15) is 5.11 Å². The topological polar surface area (TPSA) is 67.5 Å². The van der Waals surface area contributed by atoms with E-state index >= 15 is 0 Å². The van der Waals surface area contributed by atoms with E-state index in [0.29, 0.717) is 12.6 Å². The van der Waals surface area contributed by atoms with Crippen molar-refractivity contribution in [3.63, 3.8) is 0 Å². The summed E-state index contributed by atoms with van der Waals surface area (Å²) in [7, 11) is 0. The number of halogens is 1. The van der Waals surface area contributed by atoms with Crippen molar-refractivity contribution in [2.45, 2.75) is 83.5 Å². The molecule has 0 fully saturated rings. The first-order valence-electron chi connectivity index (χ1n) is 8.76. The molecular formula is C17H37ClN2O2. The Hall–Kier alpha value is 0.130. The van der Waals surface area contributed by atoms with Crippen molar-refractivity contribution in [1.29, 1.82) is 0 Å². The van der Waals surface area contributed by atoms with Gasteiger partial charge in [-0.15, -0.1) is 11.6 Å². The second-order valence-corrected chi connectivity index (χ2v) is 7.02. The van der Waals surface area contributed by atoms with Gasteiger partial charge in [-0.1, -0.05) is 6.92 Å². The van der Waals surface area contributed by atoms with Crippen LogP contribution < -0.4 is 11.1 Å². The molecule has 0 aliphatic rings. The Kier molecular flexibility index (Phi) is 13.6. The van der Waals surface area contributed by atoms with Crippen LogP contribution in [-0.4, -0.2) is 48.4 Å². The summed E-state index contributed by atoms with van der Waals surface area (Å²) in [5.74, 6) is 0.277. The lowest BCUT2D eigenvalue weighted by molar-refractivity contribution is 0.0401. The lowest BCUT2D eigenvalue weighted by Gasteiger charge is -2.27. The summed E-state index contributed by atoms with van der Waals surface area (Å²) in [5, 5.41) is 12.9. The van der Waals surface area contributed by atoms with Gasteiger partial charge in [0.2, 0.25) is 0 Å². The summed E-state index contributed by atoms with van der Waals surface area (Å²) in [4.78, 5) is 0. The Morgan fingerprint density at radius 2 is 1.95 bits per heavy atom. The first-order chi connectivity index (χ1) is 10.4. The van der Waals surface area contributed by atoms with E-state index in [2.05, 4.69) is 26.1 Å². The van der Waals surface area contributed by atoms with Gasteiger partial charge in [0, 0.05) is 24.6 Å². The van der Waals surface area contributed by atoms with Gasteiger partial charge in [0.25, 0.3) is 0 Å². The molecule has 0 radical (unpaired) electrons. The van der Waals surface area contributed by atoms with Crippen LogP contribution in [0.4, 0.5) is 0 Å². The Morgan fingerprint density at radius 3 is 2.55 bits per heavy atom. The van der Waals surface area contributed by atoms with E-state index in [1.54, 1.807) is 0 Å². The molecule has 134 valence electrons. The van der Waals surface area contributed by atoms with Crippen LogP contribution in [0.1, 0.15) is 65.7 Å². The molecule has 0 aromatic carbocycles. The normalized spacial score (nSPS) is 15.0. The zero-order valence-electron chi connectivity index (χ0n) is 14.7. The maximum atomic E-state index is 9.49. The Morgan fingerprint density at radius 1 is 1.23 bits per heavy atom. The van der Waals surface area contributed by atoms with Crippen molar-refractivity contribution in [3.8, 4) is 0 Å². The standard InChI is InChI=1S/C17H37ClN2O2/c1-4-16(9-5-7-11-19)22-12-8-6-10-17(2,3)20-14-15(21)13-18/h15-16,20-21H,4-14,19H2,1-3H3. The minimum absolute atomic E-state index is 0.0261. The number of alkyl halides is 1. The molecule has 0 saturated carbocycles. The average molecular weight is 337 g/mol. The predicted octanol–water partition coefficient (Wildman–Crippen LogP) is 3.05. The molecule has 0 spiro atoms. The number of nitrogens with one attached hydrogen (secondary N) is 1. The average Bonchev–Trinajstić information content (AvgIpc) is 2.50. The number of ether oxygens (including phenoxy) is 1. The Labute approximate surface area is 142 Å². The molecule has 2 atom stereocenters. The van der Waals surface area contributed by atoms with Gasteiger partial charge in [0.05, 0.1) is 12.2 Å². The van der Waals surface area contributed by atoms with Gasteiger partial charge in [0.1, 0.15) is 0 Å². The fraction of sp³-hybridized carbons (Fsp3) is 1.00. The van der Waals surface area contributed by atoms with E-state index in [1.807, 2.05) is 0 Å². The zero-order chi connectivity index (χ0) is 16.8. The van der Waals surface area contributed by atoms with Crippen LogP contribution in [0.25, 0.3) is 0 Å². The SMILES string of the molecule is CCC(CCCCN)OCCCCC(C)(C)NCC(O)CCl. The molecule has 0 aliphatic heterocycles. The summed E-state index contributed by atoms with van der Waals surface area (Å²) >= 11 is 5.60. The van der Waals surface area contributed by atoms with Crippen molar-refractivity contribution < 1.29 is 9.84 Å². The van der Waals surface area contributed by atoms with E-state index < -0.39 is 6.10 Å². The number of hydrogen-bond acceptors (Lipinski definition) is 4. The highest BCUT2D eigenvalue weighted by Crippen LogP contribution is 2.14. The molecule has 4 nitrogen and oxygen atoms in total. The first kappa shape index (κ1) is 22.1. The van der Waals surface area contributed by atoms with Crippen molar-refractivity contribution in [3.05, 3.63) is 0 Å². The number of aliphatic hydroxyl groups is 1. The summed E-state index contributed by atoms with van der Waals surface area (Å²) in [6.07, 6.45) is 7.63. The minimum Gasteiger partial charge on any atom is -0.391 e. The Bertz CT molecular complexity index is 253. The maximum absolute atomic E-state index is 9.49. The molecule has 4 N–H and O–H groups in total. The van der Waals surface area contributed by atoms with E-state index in [-0.39, 0.29) is 11.4 Å². The van der Waals surface area contributed by atoms with Crippen molar-refractivity contribution >= 4 is 11.6 Å². The third kappa shape index (κ3) is 12.7. The monoisotopic (exact) mass is 336 g/mol. The number of β-amino-alcohol motifs (C(OH)–C–C–N with tert-alkyl or cyclic N) is 1. The molecule has 0 aromatic heterocycles. The molecule has 0 bridgehead atoms. The van der Waals surface area contributed by atoms with Crippen molar-refractivity contribution in [2.75, 3.05) is 25.6 Å². The maximum Gasteiger partial charge on any atom is 0.0799 e. The predicted molar refractivity (Wildman–Crippen MR) is 95.6 cm³/mol. The molecule has 0 heterocycles. The molecule has 2 unspecified atom stereocenters. The van der Waals surface area contributed by atoms with E-state index in [0.717, 1.165) is 58.1 Å². The number of nitrogens with two attached hydrogens (primary N) is 1. The van der Waals surface area contributed by atoms with Gasteiger partial charge in [-0.05, 0) is 65.3 Å². The molecule has 22 heavy (non-hydrogen) atoms. The molecule has 0 saturated heterocycles. The third-order valence-corrected chi connectivity index (χ3v) is 4.34. The van der Waals surface area contributed by atoms with E-state index in [4.69, 9.17) is 22.1 Å². The van der Waals surface area contributed by atoms with Crippen LogP contribution in [0.2, 0.25) is 0 Å². The number of hydrogen-bond donors (Lipinski definition) is 3. The fourth-order valence-corrected chi connectivity index (χ4v) is 2.49. The van der Waals surface area contributed by atoms with Crippen molar-refractivity contribution in [2.24, 2.45) is 5.73 Å². The lowest BCUT2D eigenvalue weighted by Crippen LogP contribution is -2.43. The molecule has 5 heteroatoms. The van der Waals surface area contributed by atoms with Crippen LogP contribution in [0.5, 0.6) is 0 Å². The molecule has 0 aliphatic carbocycles. The highest BCUT2D eigenvalue weighted by atomic mass is 35.5. The van der Waals surface area contributed by atoms with Gasteiger partial charge in [-0.2, -0.15) is 0 Å². The third-order valence-electron chi connectivity index (χ3n) is 3.98. The van der Waals surface area contributed by atoms with Gasteiger partial charge in [-0.3, -0.25) is 0 Å². The highest BCUT2D eigenvalue weighted by molar-refractivity contribution is 6.18. The Balaban J connectivity index is 3.68. The van der Waals surface area contributed by atoms with Crippen LogP contribution in [0, 0.1) is 0 Å². The van der Waals surface area contributed by atoms with Gasteiger partial charge in [0.15, 0.2) is 0 Å². The summed E-state index contributed by atoms with van der Waals surface area (Å²) in [6.45, 7) is 8.67. The molecule has 0 amide bonds. The van der Waals surface area contributed by atoms with Crippen LogP contribution in [0.3, 0.4) is 0 Å². The summed E-state index contributed by atoms with van der Waals surface area (Å²) in [5.41, 5.74) is 5.55. The second kappa shape index (κ2) is 13.6. The number of rotatable bonds is 15. The summed E-state index contributed by atoms with van der Waals surface area (Å²) < 4.78 is 5.95. The minimum atomic E-state index is -0.469. The van der Waals surface area contributed by atoms with Gasteiger partial charge >= 0.3 is 0 Å². The van der Waals surface area contributed by atoms with Gasteiger partial charge < -0.3 is 20.9 Å². The van der Waals surface area contributed by atoms with Crippen LogP contribution >= 0.6 is 11.6 Å². The quantitative estimate of drug-likeness (QED) is 0.317.